The number of carbonyl (C=O) groups excluding carboxylic acids is 1. The second kappa shape index (κ2) is 4.61. The van der Waals surface area contributed by atoms with E-state index in [4.69, 9.17) is 0 Å². The number of sulfonamides is 1. The van der Waals surface area contributed by atoms with Crippen molar-refractivity contribution in [3.05, 3.63) is 34.9 Å². The van der Waals surface area contributed by atoms with Gasteiger partial charge in [-0.1, -0.05) is 6.07 Å². The predicted molar refractivity (Wildman–Crippen MR) is 71.3 cm³/mol. The van der Waals surface area contributed by atoms with E-state index in [9.17, 15) is 13.2 Å². The molecule has 0 bridgehead atoms. The van der Waals surface area contributed by atoms with Gasteiger partial charge in [-0.05, 0) is 49.1 Å². The van der Waals surface area contributed by atoms with Crippen LogP contribution >= 0.6 is 0 Å². The molecule has 0 aromatic heterocycles. The molecule has 2 N–H and O–H groups in total. The Labute approximate surface area is 112 Å². The van der Waals surface area contributed by atoms with Crippen LogP contribution in [0.15, 0.2) is 18.2 Å². The summed E-state index contributed by atoms with van der Waals surface area (Å²) in [6.07, 6.45) is 2.24. The predicted octanol–water partition coefficient (Wildman–Crippen LogP) is 0.554. The number of benzene rings is 1. The number of amides is 1. The molecule has 0 saturated heterocycles. The van der Waals surface area contributed by atoms with Gasteiger partial charge in [0.05, 0.1) is 5.25 Å². The summed E-state index contributed by atoms with van der Waals surface area (Å²) in [4.78, 5) is 12.0. The van der Waals surface area contributed by atoms with Gasteiger partial charge in [0.15, 0.2) is 0 Å². The summed E-state index contributed by atoms with van der Waals surface area (Å²) >= 11 is 0. The van der Waals surface area contributed by atoms with E-state index in [1.54, 1.807) is 12.1 Å². The van der Waals surface area contributed by atoms with Crippen molar-refractivity contribution in [3.63, 3.8) is 0 Å². The minimum absolute atomic E-state index is 0.379. The molecule has 1 heterocycles. The van der Waals surface area contributed by atoms with Gasteiger partial charge < -0.3 is 5.32 Å². The fourth-order valence-electron chi connectivity index (χ4n) is 2.27. The summed E-state index contributed by atoms with van der Waals surface area (Å²) in [5.41, 5.74) is 2.70. The highest BCUT2D eigenvalue weighted by molar-refractivity contribution is 7.91. The smallest absolute Gasteiger partial charge is 0.264 e. The topological polar surface area (TPSA) is 75.3 Å². The number of carbonyl (C=O) groups is 1. The molecular formula is C13H16N2O3S. The van der Waals surface area contributed by atoms with E-state index in [1.165, 1.54) is 5.56 Å². The normalized spacial score (nSPS) is 18.7. The number of fused-ring (bicyclic) bond motifs is 1. The summed E-state index contributed by atoms with van der Waals surface area (Å²) in [6.45, 7) is 1.67. The summed E-state index contributed by atoms with van der Waals surface area (Å²) in [6, 6.07) is 5.38. The van der Waals surface area contributed by atoms with Crippen LogP contribution in [-0.4, -0.2) is 26.1 Å². The molecular weight excluding hydrogens is 264 g/mol. The lowest BCUT2D eigenvalue weighted by Crippen LogP contribution is -2.33. The van der Waals surface area contributed by atoms with E-state index in [2.05, 4.69) is 10.0 Å². The molecule has 1 aliphatic heterocycles. The summed E-state index contributed by atoms with van der Waals surface area (Å²) < 4.78 is 25.6. The van der Waals surface area contributed by atoms with E-state index >= 15 is 0 Å². The van der Waals surface area contributed by atoms with Crippen LogP contribution in [0.3, 0.4) is 0 Å². The second-order valence-corrected chi connectivity index (χ2v) is 7.05. The molecule has 3 rings (SSSR count). The summed E-state index contributed by atoms with van der Waals surface area (Å²) in [5.74, 6) is -0.528. The van der Waals surface area contributed by atoms with Crippen LogP contribution in [0.1, 0.15) is 34.3 Å². The minimum atomic E-state index is -3.47. The average molecular weight is 280 g/mol. The highest BCUT2D eigenvalue weighted by atomic mass is 32.2. The molecule has 1 saturated carbocycles. The molecule has 0 spiro atoms. The first kappa shape index (κ1) is 12.6. The van der Waals surface area contributed by atoms with Crippen molar-refractivity contribution < 1.29 is 13.2 Å². The van der Waals surface area contributed by atoms with Crippen molar-refractivity contribution in [2.24, 2.45) is 0 Å². The van der Waals surface area contributed by atoms with E-state index in [-0.39, 0.29) is 5.25 Å². The van der Waals surface area contributed by atoms with Crippen LogP contribution in [0, 0.1) is 0 Å². The fourth-order valence-corrected chi connectivity index (χ4v) is 3.57. The molecule has 6 heteroatoms. The lowest BCUT2D eigenvalue weighted by Gasteiger charge is -2.17. The standard InChI is InChI=1S/C13H16N2O3S/c16-13(15-19(17,18)12-3-4-12)10-2-1-9-5-6-14-8-11(9)7-10/h1-2,7,12,14H,3-6,8H2,(H,15,16). The van der Waals surface area contributed by atoms with Gasteiger partial charge in [0.25, 0.3) is 5.91 Å². The third kappa shape index (κ3) is 2.64. The molecule has 0 unspecified atom stereocenters. The average Bonchev–Trinajstić information content (AvgIpc) is 3.22. The van der Waals surface area contributed by atoms with E-state index < -0.39 is 15.9 Å². The Bertz CT molecular complexity index is 621. The zero-order chi connectivity index (χ0) is 13.5. The van der Waals surface area contributed by atoms with Gasteiger partial charge in [-0.3, -0.25) is 4.79 Å². The van der Waals surface area contributed by atoms with Gasteiger partial charge >= 0.3 is 0 Å². The zero-order valence-corrected chi connectivity index (χ0v) is 11.3. The quantitative estimate of drug-likeness (QED) is 0.848. The van der Waals surface area contributed by atoms with Crippen LogP contribution in [0.2, 0.25) is 0 Å². The fraction of sp³-hybridized carbons (Fsp3) is 0.462. The molecule has 1 amide bonds. The van der Waals surface area contributed by atoms with Crippen LogP contribution in [0.5, 0.6) is 0 Å². The molecule has 102 valence electrons. The van der Waals surface area contributed by atoms with Crippen LogP contribution in [-0.2, 0) is 23.0 Å². The Kier molecular flexibility index (Phi) is 3.06. The van der Waals surface area contributed by atoms with Gasteiger partial charge in [0, 0.05) is 12.1 Å². The zero-order valence-electron chi connectivity index (χ0n) is 10.5. The third-order valence-electron chi connectivity index (χ3n) is 3.55. The first-order valence-corrected chi connectivity index (χ1v) is 7.99. The second-order valence-electron chi connectivity index (χ2n) is 5.09. The largest absolute Gasteiger partial charge is 0.312 e. The molecule has 19 heavy (non-hydrogen) atoms. The molecule has 0 atom stereocenters. The maximum Gasteiger partial charge on any atom is 0.264 e. The van der Waals surface area contributed by atoms with E-state index in [0.29, 0.717) is 18.4 Å². The van der Waals surface area contributed by atoms with Crippen molar-refractivity contribution in [1.29, 1.82) is 0 Å². The first-order valence-electron chi connectivity index (χ1n) is 6.45. The molecule has 1 aromatic rings. The lowest BCUT2D eigenvalue weighted by atomic mass is 9.98. The van der Waals surface area contributed by atoms with Crippen LogP contribution < -0.4 is 10.0 Å². The number of hydrogen-bond donors (Lipinski definition) is 2. The Morgan fingerprint density at radius 2 is 2.05 bits per heavy atom. The number of nitrogens with one attached hydrogen (secondary N) is 2. The van der Waals surface area contributed by atoms with Crippen LogP contribution in [0.25, 0.3) is 0 Å². The Hall–Kier alpha value is -1.40. The maximum absolute atomic E-state index is 12.0. The summed E-state index contributed by atoms with van der Waals surface area (Å²) in [7, 11) is -3.47. The van der Waals surface area contributed by atoms with Crippen molar-refractivity contribution >= 4 is 15.9 Å². The van der Waals surface area contributed by atoms with E-state index in [1.807, 2.05) is 6.07 Å². The molecule has 1 aromatic carbocycles. The molecule has 1 aliphatic carbocycles. The van der Waals surface area contributed by atoms with Gasteiger partial charge in [0.1, 0.15) is 0 Å². The SMILES string of the molecule is O=C(NS(=O)(=O)C1CC1)c1ccc2c(c1)CNCC2. The maximum atomic E-state index is 12.0. The molecule has 2 aliphatic rings. The Balaban J connectivity index is 1.80. The van der Waals surface area contributed by atoms with Gasteiger partial charge in [-0.15, -0.1) is 0 Å². The highest BCUT2D eigenvalue weighted by Gasteiger charge is 2.37. The monoisotopic (exact) mass is 280 g/mol. The molecule has 1 fully saturated rings. The Morgan fingerprint density at radius 1 is 1.26 bits per heavy atom. The van der Waals surface area contributed by atoms with Crippen LogP contribution in [0.4, 0.5) is 0 Å². The van der Waals surface area contributed by atoms with Crippen molar-refractivity contribution in [3.8, 4) is 0 Å². The number of rotatable bonds is 3. The highest BCUT2D eigenvalue weighted by Crippen LogP contribution is 2.27. The van der Waals surface area contributed by atoms with E-state index in [0.717, 1.165) is 25.1 Å². The number of hydrogen-bond acceptors (Lipinski definition) is 4. The van der Waals surface area contributed by atoms with Crippen molar-refractivity contribution in [2.45, 2.75) is 31.1 Å². The Morgan fingerprint density at radius 3 is 2.79 bits per heavy atom. The lowest BCUT2D eigenvalue weighted by molar-refractivity contribution is 0.0981. The molecule has 0 radical (unpaired) electrons. The van der Waals surface area contributed by atoms with Gasteiger partial charge in [0.2, 0.25) is 10.0 Å². The minimum Gasteiger partial charge on any atom is -0.312 e. The molecule has 5 nitrogen and oxygen atoms in total. The third-order valence-corrected chi connectivity index (χ3v) is 5.37. The van der Waals surface area contributed by atoms with Gasteiger partial charge in [-0.25, -0.2) is 13.1 Å². The van der Waals surface area contributed by atoms with Crippen molar-refractivity contribution in [2.75, 3.05) is 6.54 Å². The van der Waals surface area contributed by atoms with Gasteiger partial charge in [-0.2, -0.15) is 0 Å². The summed E-state index contributed by atoms with van der Waals surface area (Å²) in [5, 5.41) is 2.85. The first-order chi connectivity index (χ1) is 9.06. The van der Waals surface area contributed by atoms with Crippen molar-refractivity contribution in [1.82, 2.24) is 10.0 Å².